The Kier molecular flexibility index (Phi) is 7.09. The topological polar surface area (TPSA) is 24.5 Å². The molecule has 0 saturated carbocycles. The van der Waals surface area contributed by atoms with Gasteiger partial charge in [0.1, 0.15) is 0 Å². The van der Waals surface area contributed by atoms with Crippen LogP contribution in [0.25, 0.3) is 0 Å². The monoisotopic (exact) mass is 270 g/mol. The number of anilines is 1. The van der Waals surface area contributed by atoms with Crippen molar-refractivity contribution in [3.63, 3.8) is 0 Å². The molecule has 0 atom stereocenters. The zero-order valence-corrected chi connectivity index (χ0v) is 12.3. The van der Waals surface area contributed by atoms with Gasteiger partial charge in [-0.25, -0.2) is 0 Å². The third-order valence-electron chi connectivity index (χ3n) is 2.85. The molecule has 0 heterocycles. The Morgan fingerprint density at radius 1 is 1.33 bits per heavy atom. The summed E-state index contributed by atoms with van der Waals surface area (Å²) in [6, 6.07) is 6.05. The molecule has 1 rings (SSSR count). The number of rotatable bonds is 8. The van der Waals surface area contributed by atoms with Gasteiger partial charge in [0.25, 0.3) is 0 Å². The van der Waals surface area contributed by atoms with Crippen LogP contribution in [0.3, 0.4) is 0 Å². The van der Waals surface area contributed by atoms with E-state index >= 15 is 0 Å². The van der Waals surface area contributed by atoms with Crippen LogP contribution in [-0.2, 0) is 11.3 Å². The van der Waals surface area contributed by atoms with Crippen molar-refractivity contribution in [2.75, 3.05) is 38.3 Å². The van der Waals surface area contributed by atoms with Crippen LogP contribution >= 0.6 is 11.6 Å². The summed E-state index contributed by atoms with van der Waals surface area (Å²) in [4.78, 5) is 2.30. The van der Waals surface area contributed by atoms with Gasteiger partial charge in [0.15, 0.2) is 0 Å². The molecule has 0 unspecified atom stereocenters. The largest absolute Gasteiger partial charge is 0.380 e. The second-order valence-corrected chi connectivity index (χ2v) is 4.52. The smallest absolute Gasteiger partial charge is 0.0641 e. The standard InChI is InChI=1S/C14H23ClN2O/c1-4-17(8-9-18-5-2)14-10-13(15)7-6-12(14)11-16-3/h6-7,10,16H,4-5,8-9,11H2,1-3H3. The molecule has 4 heteroatoms. The van der Waals surface area contributed by atoms with Gasteiger partial charge >= 0.3 is 0 Å². The van der Waals surface area contributed by atoms with Crippen molar-refractivity contribution in [1.29, 1.82) is 0 Å². The summed E-state index contributed by atoms with van der Waals surface area (Å²) in [5.74, 6) is 0. The van der Waals surface area contributed by atoms with E-state index in [1.807, 2.05) is 26.1 Å². The Labute approximate surface area is 115 Å². The molecule has 0 aliphatic heterocycles. The van der Waals surface area contributed by atoms with Crippen LogP contribution in [0.2, 0.25) is 5.02 Å². The summed E-state index contributed by atoms with van der Waals surface area (Å²) in [6.07, 6.45) is 0. The van der Waals surface area contributed by atoms with Crippen LogP contribution in [0.4, 0.5) is 5.69 Å². The number of hydrogen-bond acceptors (Lipinski definition) is 3. The van der Waals surface area contributed by atoms with Crippen molar-refractivity contribution in [3.8, 4) is 0 Å². The highest BCUT2D eigenvalue weighted by Gasteiger charge is 2.10. The minimum Gasteiger partial charge on any atom is -0.380 e. The molecule has 0 aliphatic rings. The Bertz CT molecular complexity index is 358. The lowest BCUT2D eigenvalue weighted by Crippen LogP contribution is -2.28. The van der Waals surface area contributed by atoms with E-state index in [9.17, 15) is 0 Å². The summed E-state index contributed by atoms with van der Waals surface area (Å²) in [7, 11) is 1.95. The SMILES string of the molecule is CCOCCN(CC)c1cc(Cl)ccc1CNC. The number of likely N-dealkylation sites (N-methyl/N-ethyl adjacent to an activating group) is 1. The van der Waals surface area contributed by atoms with Crippen molar-refractivity contribution in [2.45, 2.75) is 20.4 Å². The Morgan fingerprint density at radius 3 is 2.72 bits per heavy atom. The molecule has 1 N–H and O–H groups in total. The van der Waals surface area contributed by atoms with Crippen LogP contribution in [0.15, 0.2) is 18.2 Å². The molecule has 0 saturated heterocycles. The Balaban J connectivity index is 2.84. The number of halogens is 1. The van der Waals surface area contributed by atoms with Gasteiger partial charge in [-0.15, -0.1) is 0 Å². The molecule has 0 amide bonds. The number of hydrogen-bond donors (Lipinski definition) is 1. The summed E-state index contributed by atoms with van der Waals surface area (Å²) in [5.41, 5.74) is 2.46. The predicted molar refractivity (Wildman–Crippen MR) is 78.6 cm³/mol. The quantitative estimate of drug-likeness (QED) is 0.735. The first-order valence-electron chi connectivity index (χ1n) is 6.48. The highest BCUT2D eigenvalue weighted by molar-refractivity contribution is 6.30. The van der Waals surface area contributed by atoms with Crippen molar-refractivity contribution < 1.29 is 4.74 Å². The minimum absolute atomic E-state index is 0.746. The van der Waals surface area contributed by atoms with Crippen LogP contribution in [0.1, 0.15) is 19.4 Å². The van der Waals surface area contributed by atoms with Gasteiger partial charge in [0, 0.05) is 37.0 Å². The summed E-state index contributed by atoms with van der Waals surface area (Å²) < 4.78 is 5.43. The van der Waals surface area contributed by atoms with Crippen molar-refractivity contribution in [2.24, 2.45) is 0 Å². The van der Waals surface area contributed by atoms with E-state index < -0.39 is 0 Å². The molecular weight excluding hydrogens is 248 g/mol. The molecule has 0 spiro atoms. The number of benzene rings is 1. The maximum absolute atomic E-state index is 6.10. The molecule has 0 bridgehead atoms. The molecule has 1 aromatic carbocycles. The molecule has 3 nitrogen and oxygen atoms in total. The second kappa shape index (κ2) is 8.35. The molecule has 0 aliphatic carbocycles. The molecule has 1 aromatic rings. The minimum atomic E-state index is 0.746. The Hall–Kier alpha value is -0.770. The fraction of sp³-hybridized carbons (Fsp3) is 0.571. The van der Waals surface area contributed by atoms with Crippen molar-refractivity contribution in [1.82, 2.24) is 5.32 Å². The van der Waals surface area contributed by atoms with Gasteiger partial charge in [-0.2, -0.15) is 0 Å². The summed E-state index contributed by atoms with van der Waals surface area (Å²) in [6.45, 7) is 8.35. The van der Waals surface area contributed by atoms with Crippen LogP contribution < -0.4 is 10.2 Å². The summed E-state index contributed by atoms with van der Waals surface area (Å²) in [5, 5.41) is 3.97. The van der Waals surface area contributed by atoms with Crippen molar-refractivity contribution >= 4 is 17.3 Å². The molecule has 0 radical (unpaired) electrons. The van der Waals surface area contributed by atoms with Gasteiger partial charge in [0.2, 0.25) is 0 Å². The molecule has 18 heavy (non-hydrogen) atoms. The molecule has 102 valence electrons. The predicted octanol–water partition coefficient (Wildman–Crippen LogP) is 2.92. The normalized spacial score (nSPS) is 10.7. The second-order valence-electron chi connectivity index (χ2n) is 4.08. The third kappa shape index (κ3) is 4.48. The van der Waals surface area contributed by atoms with Crippen LogP contribution in [-0.4, -0.2) is 33.4 Å². The highest BCUT2D eigenvalue weighted by Crippen LogP contribution is 2.24. The first-order valence-corrected chi connectivity index (χ1v) is 6.86. The highest BCUT2D eigenvalue weighted by atomic mass is 35.5. The average molecular weight is 271 g/mol. The van der Waals surface area contributed by atoms with E-state index in [1.54, 1.807) is 0 Å². The fourth-order valence-electron chi connectivity index (χ4n) is 1.94. The number of nitrogens with zero attached hydrogens (tertiary/aromatic N) is 1. The maximum atomic E-state index is 6.10. The summed E-state index contributed by atoms with van der Waals surface area (Å²) >= 11 is 6.10. The van der Waals surface area contributed by atoms with Crippen molar-refractivity contribution in [3.05, 3.63) is 28.8 Å². The fourth-order valence-corrected chi connectivity index (χ4v) is 2.11. The molecule has 0 fully saturated rings. The van der Waals surface area contributed by atoms with Gasteiger partial charge in [-0.1, -0.05) is 17.7 Å². The lowest BCUT2D eigenvalue weighted by Gasteiger charge is -2.26. The first kappa shape index (κ1) is 15.3. The van der Waals surface area contributed by atoms with E-state index in [0.29, 0.717) is 0 Å². The van der Waals surface area contributed by atoms with E-state index in [0.717, 1.165) is 37.9 Å². The van der Waals surface area contributed by atoms with E-state index in [4.69, 9.17) is 16.3 Å². The average Bonchev–Trinajstić information content (AvgIpc) is 2.37. The van der Waals surface area contributed by atoms with E-state index in [-0.39, 0.29) is 0 Å². The zero-order valence-electron chi connectivity index (χ0n) is 11.5. The van der Waals surface area contributed by atoms with Gasteiger partial charge < -0.3 is 15.0 Å². The first-order chi connectivity index (χ1) is 8.72. The lowest BCUT2D eigenvalue weighted by atomic mass is 10.1. The van der Waals surface area contributed by atoms with Gasteiger partial charge in [-0.05, 0) is 38.6 Å². The third-order valence-corrected chi connectivity index (χ3v) is 3.08. The molecule has 0 aromatic heterocycles. The molecular formula is C14H23ClN2O. The number of nitrogens with one attached hydrogen (secondary N) is 1. The van der Waals surface area contributed by atoms with Crippen LogP contribution in [0.5, 0.6) is 0 Å². The van der Waals surface area contributed by atoms with E-state index in [2.05, 4.69) is 23.2 Å². The Morgan fingerprint density at radius 2 is 2.11 bits per heavy atom. The maximum Gasteiger partial charge on any atom is 0.0641 e. The van der Waals surface area contributed by atoms with E-state index in [1.165, 1.54) is 11.3 Å². The lowest BCUT2D eigenvalue weighted by molar-refractivity contribution is 0.154. The number of ether oxygens (including phenoxy) is 1. The van der Waals surface area contributed by atoms with Gasteiger partial charge in [-0.3, -0.25) is 0 Å². The zero-order chi connectivity index (χ0) is 13.4. The van der Waals surface area contributed by atoms with Gasteiger partial charge in [0.05, 0.1) is 6.61 Å². The van der Waals surface area contributed by atoms with Crippen LogP contribution in [0, 0.1) is 0 Å².